The number of carbonyl (C=O) groups excluding carboxylic acids is 4. The van der Waals surface area contributed by atoms with E-state index in [1.807, 2.05) is 0 Å². The average molecular weight is 603 g/mol. The van der Waals surface area contributed by atoms with Gasteiger partial charge in [0.2, 0.25) is 23.7 Å². The van der Waals surface area contributed by atoms with Crippen LogP contribution in [0.15, 0.2) is 60.7 Å². The van der Waals surface area contributed by atoms with Crippen LogP contribution in [0.3, 0.4) is 0 Å². The predicted octanol–water partition coefficient (Wildman–Crippen LogP) is 3.75. The predicted molar refractivity (Wildman–Crippen MR) is 140 cm³/mol. The van der Waals surface area contributed by atoms with Gasteiger partial charge in [0.05, 0.1) is 24.3 Å². The Hall–Kier alpha value is -4.88. The van der Waals surface area contributed by atoms with Gasteiger partial charge >= 0.3 is 6.36 Å². The Bertz CT molecular complexity index is 1590. The maximum Gasteiger partial charge on any atom is 0.573 e. The van der Waals surface area contributed by atoms with E-state index in [0.29, 0.717) is 5.56 Å². The van der Waals surface area contributed by atoms with Crippen molar-refractivity contribution in [2.75, 3.05) is 4.90 Å². The first-order valence-corrected chi connectivity index (χ1v) is 13.0. The van der Waals surface area contributed by atoms with Gasteiger partial charge in [0.25, 0.3) is 0 Å². The lowest BCUT2D eigenvalue weighted by atomic mass is 10.0. The number of ether oxygens (including phenoxy) is 1. The number of fused-ring (bicyclic) bond motifs is 1. The number of rotatable bonds is 8. The molecule has 0 spiro atoms. The number of para-hydroxylation sites is 1. The Labute approximate surface area is 241 Å². The van der Waals surface area contributed by atoms with Gasteiger partial charge in [-0.2, -0.15) is 4.39 Å². The van der Waals surface area contributed by atoms with Crippen molar-refractivity contribution in [3.05, 3.63) is 89.2 Å². The van der Waals surface area contributed by atoms with Crippen molar-refractivity contribution < 1.29 is 45.9 Å². The highest BCUT2D eigenvalue weighted by Crippen LogP contribution is 2.36. The second-order valence-electron chi connectivity index (χ2n) is 10.2. The van der Waals surface area contributed by atoms with Gasteiger partial charge in [-0.3, -0.25) is 19.2 Å². The molecule has 9 nitrogen and oxygen atoms in total. The molecule has 1 aliphatic heterocycles. The number of aromatic nitrogens is 1. The number of nitrogens with one attached hydrogen (secondary N) is 2. The standard InChI is InChI=1S/C29H23F5N4O5/c30-20-10-7-17(35-25(20)31)13-24(40)37-28(11-12-28)27(42)36-21-14-23(39)19-3-1-2-4-22(19)38(26(21)41)15-16-5-8-18(9-6-16)43-29(32,33)34/h1-10,21H,11-15H2,(H,36,42)(H,37,40)/t21-/m1/s1. The van der Waals surface area contributed by atoms with Crippen LogP contribution < -0.4 is 20.3 Å². The van der Waals surface area contributed by atoms with Gasteiger partial charge in [-0.05, 0) is 54.8 Å². The van der Waals surface area contributed by atoms with Gasteiger partial charge in [-0.25, -0.2) is 9.37 Å². The van der Waals surface area contributed by atoms with E-state index in [1.54, 1.807) is 18.2 Å². The molecule has 2 aromatic carbocycles. The second kappa shape index (κ2) is 11.4. The number of alkyl halides is 3. The summed E-state index contributed by atoms with van der Waals surface area (Å²) in [6, 6.07) is 11.8. The molecule has 224 valence electrons. The van der Waals surface area contributed by atoms with Crippen molar-refractivity contribution >= 4 is 29.2 Å². The fourth-order valence-corrected chi connectivity index (χ4v) is 4.75. The maximum atomic E-state index is 13.7. The van der Waals surface area contributed by atoms with E-state index in [2.05, 4.69) is 20.4 Å². The number of pyridine rings is 1. The molecule has 1 saturated carbocycles. The number of amides is 3. The van der Waals surface area contributed by atoms with Crippen LogP contribution in [0.4, 0.5) is 27.6 Å². The molecule has 1 aromatic heterocycles. The Morgan fingerprint density at radius 3 is 2.35 bits per heavy atom. The zero-order valence-electron chi connectivity index (χ0n) is 22.2. The summed E-state index contributed by atoms with van der Waals surface area (Å²) in [6.07, 6.45) is -5.20. The van der Waals surface area contributed by atoms with Crippen LogP contribution >= 0.6 is 0 Å². The van der Waals surface area contributed by atoms with Crippen LogP contribution in [0.25, 0.3) is 0 Å². The van der Waals surface area contributed by atoms with Crippen LogP contribution in [0, 0.1) is 11.8 Å². The molecule has 1 aliphatic carbocycles. The van der Waals surface area contributed by atoms with E-state index in [9.17, 15) is 41.1 Å². The maximum absolute atomic E-state index is 13.7. The molecule has 2 heterocycles. The third-order valence-corrected chi connectivity index (χ3v) is 7.02. The van der Waals surface area contributed by atoms with E-state index >= 15 is 0 Å². The molecular weight excluding hydrogens is 579 g/mol. The minimum atomic E-state index is -4.87. The Balaban J connectivity index is 1.32. The minimum absolute atomic E-state index is 0.0523. The van der Waals surface area contributed by atoms with E-state index in [1.165, 1.54) is 23.1 Å². The second-order valence-corrected chi connectivity index (χ2v) is 10.2. The van der Waals surface area contributed by atoms with Gasteiger partial charge in [-0.1, -0.05) is 24.3 Å². The van der Waals surface area contributed by atoms with Gasteiger partial charge < -0.3 is 20.3 Å². The number of halogens is 5. The zero-order chi connectivity index (χ0) is 30.9. The van der Waals surface area contributed by atoms with Gasteiger partial charge in [0.1, 0.15) is 17.3 Å². The quantitative estimate of drug-likeness (QED) is 0.300. The molecule has 43 heavy (non-hydrogen) atoms. The summed E-state index contributed by atoms with van der Waals surface area (Å²) in [6.45, 7) is -0.134. The molecule has 3 aromatic rings. The van der Waals surface area contributed by atoms with E-state index in [4.69, 9.17) is 0 Å². The molecule has 1 fully saturated rings. The van der Waals surface area contributed by atoms with Gasteiger partial charge in [-0.15, -0.1) is 13.2 Å². The normalized spacial score (nSPS) is 17.5. The summed E-state index contributed by atoms with van der Waals surface area (Å²) in [5.74, 6) is -5.44. The summed E-state index contributed by atoms with van der Waals surface area (Å²) in [5, 5.41) is 5.14. The molecule has 0 radical (unpaired) electrons. The monoisotopic (exact) mass is 602 g/mol. The molecule has 1 atom stereocenters. The Morgan fingerprint density at radius 1 is 1.00 bits per heavy atom. The average Bonchev–Trinajstić information content (AvgIpc) is 3.74. The van der Waals surface area contributed by atoms with Crippen LogP contribution in [0.2, 0.25) is 0 Å². The molecular formula is C29H23F5N4O5. The summed E-state index contributed by atoms with van der Waals surface area (Å²) in [5.41, 5.74) is -0.508. The van der Waals surface area contributed by atoms with Crippen molar-refractivity contribution in [2.24, 2.45) is 0 Å². The highest BCUT2D eigenvalue weighted by Gasteiger charge is 2.52. The van der Waals surface area contributed by atoms with E-state index < -0.39 is 65.4 Å². The van der Waals surface area contributed by atoms with Crippen molar-refractivity contribution in [1.29, 1.82) is 0 Å². The smallest absolute Gasteiger partial charge is 0.406 e. The largest absolute Gasteiger partial charge is 0.573 e. The first-order chi connectivity index (χ1) is 20.3. The van der Waals surface area contributed by atoms with Gasteiger partial charge in [0, 0.05) is 12.0 Å². The Kier molecular flexibility index (Phi) is 7.86. The number of carbonyl (C=O) groups is 4. The van der Waals surface area contributed by atoms with Crippen LogP contribution in [0.1, 0.15) is 40.9 Å². The van der Waals surface area contributed by atoms with Crippen molar-refractivity contribution in [3.63, 3.8) is 0 Å². The first-order valence-electron chi connectivity index (χ1n) is 13.0. The number of nitrogens with zero attached hydrogens (tertiary/aromatic N) is 2. The summed E-state index contributed by atoms with van der Waals surface area (Å²) in [7, 11) is 0. The van der Waals surface area contributed by atoms with E-state index in [-0.39, 0.29) is 42.8 Å². The fourth-order valence-electron chi connectivity index (χ4n) is 4.75. The topological polar surface area (TPSA) is 118 Å². The highest BCUT2D eigenvalue weighted by atomic mass is 19.4. The van der Waals surface area contributed by atoms with Crippen LogP contribution in [-0.2, 0) is 27.3 Å². The lowest BCUT2D eigenvalue weighted by Gasteiger charge is -2.27. The van der Waals surface area contributed by atoms with Crippen LogP contribution in [0.5, 0.6) is 5.75 Å². The number of anilines is 1. The number of hydrogen-bond donors (Lipinski definition) is 2. The van der Waals surface area contributed by atoms with E-state index in [0.717, 1.165) is 24.3 Å². The molecule has 0 unspecified atom stereocenters. The van der Waals surface area contributed by atoms with Crippen LogP contribution in [-0.4, -0.2) is 46.4 Å². The summed E-state index contributed by atoms with van der Waals surface area (Å²) in [4.78, 5) is 57.4. The molecule has 5 rings (SSSR count). The summed E-state index contributed by atoms with van der Waals surface area (Å²) < 4.78 is 68.1. The minimum Gasteiger partial charge on any atom is -0.406 e. The number of ketones is 1. The number of benzene rings is 2. The first kappa shape index (κ1) is 29.6. The number of Topliss-reactive ketones (excluding diaryl/α,β-unsaturated/α-hetero) is 1. The SMILES string of the molecule is O=C(Cc1ccc(F)c(F)n1)NC1(C(=O)N[C@@H]2CC(=O)c3ccccc3N(Cc3ccc(OC(F)(F)F)cc3)C2=O)CC1. The molecule has 14 heteroatoms. The molecule has 2 N–H and O–H groups in total. The van der Waals surface area contributed by atoms with Crippen molar-refractivity contribution in [2.45, 2.75) is 50.2 Å². The highest BCUT2D eigenvalue weighted by molar-refractivity contribution is 6.13. The summed E-state index contributed by atoms with van der Waals surface area (Å²) >= 11 is 0. The lowest BCUT2D eigenvalue weighted by molar-refractivity contribution is -0.274. The molecule has 0 bridgehead atoms. The fraction of sp³-hybridized carbons (Fsp3) is 0.276. The third-order valence-electron chi connectivity index (χ3n) is 7.02. The number of hydrogen-bond acceptors (Lipinski definition) is 6. The lowest BCUT2D eigenvalue weighted by Crippen LogP contribution is -2.55. The molecule has 0 saturated heterocycles. The molecule has 2 aliphatic rings. The Morgan fingerprint density at radius 2 is 1.70 bits per heavy atom. The van der Waals surface area contributed by atoms with Crippen molar-refractivity contribution in [1.82, 2.24) is 15.6 Å². The van der Waals surface area contributed by atoms with Crippen molar-refractivity contribution in [3.8, 4) is 5.75 Å². The zero-order valence-corrected chi connectivity index (χ0v) is 22.2. The third kappa shape index (κ3) is 6.79. The van der Waals surface area contributed by atoms with Gasteiger partial charge in [0.15, 0.2) is 11.6 Å². The molecule has 3 amide bonds.